The van der Waals surface area contributed by atoms with E-state index in [1.165, 1.54) is 42.9 Å². The largest absolute Gasteiger partial charge is 0.462 e. The van der Waals surface area contributed by atoms with Crippen LogP contribution in [-0.4, -0.2) is 68.2 Å². The summed E-state index contributed by atoms with van der Waals surface area (Å²) in [5, 5.41) is 29.3. The lowest BCUT2D eigenvalue weighted by atomic mass is 9.80. The molecule has 0 spiro atoms. The SMILES string of the molecule is CC(C)OC(=O)[C@H](C)N[P@@](=O)(OCC1O[C@@](C#N)(c2ccc3c(N)ncnn23)[C@](C)(O)[C@@H]1OC(=O)C(C)C)Oc1ccccc1. The second-order valence-corrected chi connectivity index (χ2v) is 13.0. The van der Waals surface area contributed by atoms with E-state index in [1.54, 1.807) is 52.0 Å². The van der Waals surface area contributed by atoms with Gasteiger partial charge in [-0.05, 0) is 52.0 Å². The normalized spacial score (nSPS) is 25.1. The summed E-state index contributed by atoms with van der Waals surface area (Å²) in [5.74, 6) is -1.74. The van der Waals surface area contributed by atoms with E-state index in [-0.39, 0.29) is 17.3 Å². The number of aliphatic hydroxyl groups is 1. The van der Waals surface area contributed by atoms with E-state index in [9.17, 15) is 24.5 Å². The number of fused-ring (bicyclic) bond motifs is 1. The van der Waals surface area contributed by atoms with Gasteiger partial charge in [0, 0.05) is 0 Å². The van der Waals surface area contributed by atoms with Gasteiger partial charge in [0.15, 0.2) is 11.9 Å². The smallest absolute Gasteiger partial charge is 0.459 e. The fourth-order valence-electron chi connectivity index (χ4n) is 4.79. The number of nitriles is 1. The molecule has 6 atom stereocenters. The number of nitrogens with zero attached hydrogens (tertiary/aromatic N) is 4. The molecule has 1 unspecified atom stereocenters. The number of esters is 2. The number of nitrogen functional groups attached to an aromatic ring is 1. The van der Waals surface area contributed by atoms with Crippen LogP contribution in [0.5, 0.6) is 5.75 Å². The molecule has 2 aromatic heterocycles. The van der Waals surface area contributed by atoms with Crippen LogP contribution in [0.2, 0.25) is 0 Å². The first-order chi connectivity index (χ1) is 21.1. The van der Waals surface area contributed by atoms with Gasteiger partial charge in [-0.25, -0.2) is 14.1 Å². The number of anilines is 1. The minimum atomic E-state index is -4.40. The number of benzene rings is 1. The summed E-state index contributed by atoms with van der Waals surface area (Å²) in [6, 6.07) is 12.0. The van der Waals surface area contributed by atoms with E-state index in [0.29, 0.717) is 5.52 Å². The van der Waals surface area contributed by atoms with E-state index >= 15 is 0 Å². The Bertz CT molecular complexity index is 1620. The molecule has 0 aliphatic carbocycles. The molecule has 16 heteroatoms. The lowest BCUT2D eigenvalue weighted by Gasteiger charge is -2.34. The lowest BCUT2D eigenvalue weighted by Crippen LogP contribution is -2.54. The van der Waals surface area contributed by atoms with Crippen LogP contribution in [0.4, 0.5) is 5.82 Å². The van der Waals surface area contributed by atoms with E-state index in [4.69, 9.17) is 29.0 Å². The van der Waals surface area contributed by atoms with E-state index in [0.717, 1.165) is 0 Å². The number of hydrogen-bond acceptors (Lipinski definition) is 13. The number of carbonyl (C=O) groups excluding carboxylic acids is 2. The molecular weight excluding hydrogens is 607 g/mol. The van der Waals surface area contributed by atoms with Crippen LogP contribution < -0.4 is 15.3 Å². The van der Waals surface area contributed by atoms with Gasteiger partial charge < -0.3 is 29.6 Å². The van der Waals surface area contributed by atoms with Crippen LogP contribution in [0.1, 0.15) is 47.2 Å². The molecule has 15 nitrogen and oxygen atoms in total. The van der Waals surface area contributed by atoms with Gasteiger partial charge in [0.2, 0.25) is 5.60 Å². The average molecular weight is 645 g/mol. The number of aromatic nitrogens is 3. The Morgan fingerprint density at radius 3 is 2.49 bits per heavy atom. The molecule has 3 aromatic rings. The molecule has 4 N–H and O–H groups in total. The minimum absolute atomic E-state index is 0.0686. The summed E-state index contributed by atoms with van der Waals surface area (Å²) < 4.78 is 44.0. The van der Waals surface area contributed by atoms with Gasteiger partial charge in [-0.15, -0.1) is 0 Å². The first-order valence-electron chi connectivity index (χ1n) is 14.2. The van der Waals surface area contributed by atoms with Crippen LogP contribution in [0, 0.1) is 17.2 Å². The molecule has 4 rings (SSSR count). The van der Waals surface area contributed by atoms with Gasteiger partial charge in [-0.2, -0.15) is 15.4 Å². The maximum atomic E-state index is 14.1. The molecule has 1 aromatic carbocycles. The predicted molar refractivity (Wildman–Crippen MR) is 159 cm³/mol. The third-order valence-electron chi connectivity index (χ3n) is 7.08. The fraction of sp³-hybridized carbons (Fsp3) is 0.483. The molecule has 0 saturated carbocycles. The Morgan fingerprint density at radius 2 is 1.87 bits per heavy atom. The Hall–Kier alpha value is -4.06. The summed E-state index contributed by atoms with van der Waals surface area (Å²) >= 11 is 0. The number of hydrogen-bond donors (Lipinski definition) is 3. The highest BCUT2D eigenvalue weighted by molar-refractivity contribution is 7.52. The van der Waals surface area contributed by atoms with Crippen LogP contribution in [0.25, 0.3) is 5.52 Å². The third kappa shape index (κ3) is 6.80. The number of nitrogens with two attached hydrogens (primary N) is 1. The first kappa shape index (κ1) is 33.8. The van der Waals surface area contributed by atoms with Gasteiger partial charge in [-0.1, -0.05) is 32.0 Å². The second-order valence-electron chi connectivity index (χ2n) is 11.3. The average Bonchev–Trinajstić information content (AvgIpc) is 3.50. The van der Waals surface area contributed by atoms with E-state index < -0.39 is 67.8 Å². The van der Waals surface area contributed by atoms with Gasteiger partial charge in [0.05, 0.1) is 24.3 Å². The molecule has 0 amide bonds. The van der Waals surface area contributed by atoms with Crippen molar-refractivity contribution in [1.82, 2.24) is 19.7 Å². The molecule has 0 bridgehead atoms. The summed E-state index contributed by atoms with van der Waals surface area (Å²) in [5.41, 5.74) is 1.99. The van der Waals surface area contributed by atoms with Gasteiger partial charge in [0.25, 0.3) is 0 Å². The van der Waals surface area contributed by atoms with Crippen molar-refractivity contribution >= 4 is 31.0 Å². The van der Waals surface area contributed by atoms with Crippen molar-refractivity contribution in [1.29, 1.82) is 5.26 Å². The molecule has 3 heterocycles. The zero-order valence-electron chi connectivity index (χ0n) is 25.7. The first-order valence-corrected chi connectivity index (χ1v) is 15.8. The highest BCUT2D eigenvalue weighted by Crippen LogP contribution is 2.51. The molecule has 1 aliphatic rings. The number of carbonyl (C=O) groups is 2. The zero-order valence-corrected chi connectivity index (χ0v) is 26.6. The van der Waals surface area contributed by atoms with Crippen molar-refractivity contribution < 1.29 is 42.5 Å². The Morgan fingerprint density at radius 1 is 1.18 bits per heavy atom. The number of nitrogens with one attached hydrogen (secondary N) is 1. The third-order valence-corrected chi connectivity index (χ3v) is 8.73. The lowest BCUT2D eigenvalue weighted by molar-refractivity contribution is -0.168. The van der Waals surface area contributed by atoms with Gasteiger partial charge in [0.1, 0.15) is 41.4 Å². The number of ether oxygens (including phenoxy) is 3. The monoisotopic (exact) mass is 644 g/mol. The molecule has 1 aliphatic heterocycles. The fourth-order valence-corrected chi connectivity index (χ4v) is 6.29. The minimum Gasteiger partial charge on any atom is -0.462 e. The second kappa shape index (κ2) is 13.1. The quantitative estimate of drug-likeness (QED) is 0.191. The van der Waals surface area contributed by atoms with Crippen LogP contribution in [0.15, 0.2) is 48.8 Å². The molecule has 242 valence electrons. The number of para-hydroxylation sites is 1. The highest BCUT2D eigenvalue weighted by Gasteiger charge is 2.67. The standard InChI is InChI=1S/C29H37N6O9P/c1-17(2)26(36)42-24-22(43-29(15-30,28(24,6)38)23-13-12-21-25(31)32-16-33-35(21)23)14-40-45(39,44-20-10-8-7-9-11-20)34-19(5)27(37)41-18(3)4/h7-13,16-19,22,24,38H,14H2,1-6H3,(H,34,39)(H2,31,32,33)/t19-,22?,24+,28+,29-,45+/m0/s1. The summed E-state index contributed by atoms with van der Waals surface area (Å²) in [6.07, 6.45) is -2.15. The van der Waals surface area contributed by atoms with E-state index in [2.05, 4.69) is 15.2 Å². The molecular formula is C29H37N6O9P. The van der Waals surface area contributed by atoms with Crippen molar-refractivity contribution in [2.24, 2.45) is 5.92 Å². The summed E-state index contributed by atoms with van der Waals surface area (Å²) in [7, 11) is -4.40. The topological polar surface area (TPSA) is 210 Å². The molecule has 0 radical (unpaired) electrons. The van der Waals surface area contributed by atoms with Crippen LogP contribution in [0.3, 0.4) is 0 Å². The Balaban J connectivity index is 1.72. The van der Waals surface area contributed by atoms with Crippen molar-refractivity contribution in [3.05, 3.63) is 54.5 Å². The Kier molecular flexibility index (Phi) is 9.86. The van der Waals surface area contributed by atoms with Crippen molar-refractivity contribution in [2.75, 3.05) is 12.3 Å². The molecule has 45 heavy (non-hydrogen) atoms. The van der Waals surface area contributed by atoms with Crippen molar-refractivity contribution in [2.45, 2.75) is 77.1 Å². The van der Waals surface area contributed by atoms with Crippen LogP contribution >= 0.6 is 7.75 Å². The van der Waals surface area contributed by atoms with Gasteiger partial charge >= 0.3 is 19.7 Å². The molecule has 1 fully saturated rings. The van der Waals surface area contributed by atoms with Crippen LogP contribution in [-0.2, 0) is 38.5 Å². The number of rotatable bonds is 12. The summed E-state index contributed by atoms with van der Waals surface area (Å²) in [4.78, 5) is 29.3. The maximum absolute atomic E-state index is 14.1. The van der Waals surface area contributed by atoms with E-state index in [1.807, 2.05) is 6.07 Å². The van der Waals surface area contributed by atoms with Crippen molar-refractivity contribution in [3.8, 4) is 11.8 Å². The zero-order chi connectivity index (χ0) is 33.2. The molecule has 1 saturated heterocycles. The van der Waals surface area contributed by atoms with Gasteiger partial charge in [-0.3, -0.25) is 14.1 Å². The predicted octanol–water partition coefficient (Wildman–Crippen LogP) is 2.88. The Labute approximate surface area is 260 Å². The summed E-state index contributed by atoms with van der Waals surface area (Å²) in [6.45, 7) is 8.60. The van der Waals surface area contributed by atoms with Crippen molar-refractivity contribution in [3.63, 3.8) is 0 Å². The highest BCUT2D eigenvalue weighted by atomic mass is 31.2. The maximum Gasteiger partial charge on any atom is 0.459 e.